The summed E-state index contributed by atoms with van der Waals surface area (Å²) in [5.41, 5.74) is 6.22. The monoisotopic (exact) mass is 377 g/mol. The SMILES string of the molecule is N/C(=N\[N+](=O)[O-])N(Cc1ccc(Cl)nc1)/N=C/c1ccccc1[N+](=O)[O-]. The van der Waals surface area contributed by atoms with Crippen molar-refractivity contribution in [1.82, 2.24) is 9.99 Å². The van der Waals surface area contributed by atoms with Crippen LogP contribution < -0.4 is 5.73 Å². The molecule has 0 saturated heterocycles. The third-order valence-electron chi connectivity index (χ3n) is 3.04. The fraction of sp³-hybridized carbons (Fsp3) is 0.0714. The summed E-state index contributed by atoms with van der Waals surface area (Å²) in [4.78, 5) is 24.9. The molecule has 1 aromatic carbocycles. The van der Waals surface area contributed by atoms with E-state index in [0.29, 0.717) is 5.56 Å². The van der Waals surface area contributed by atoms with E-state index in [0.717, 1.165) is 5.01 Å². The van der Waals surface area contributed by atoms with Crippen molar-refractivity contribution in [2.75, 3.05) is 0 Å². The zero-order chi connectivity index (χ0) is 19.1. The predicted octanol–water partition coefficient (Wildman–Crippen LogP) is 1.99. The first-order valence-corrected chi connectivity index (χ1v) is 7.38. The maximum absolute atomic E-state index is 11.0. The molecule has 12 heteroatoms. The molecule has 0 radical (unpaired) electrons. The minimum absolute atomic E-state index is 0.00945. The van der Waals surface area contributed by atoms with E-state index in [9.17, 15) is 20.2 Å². The molecule has 0 aliphatic rings. The van der Waals surface area contributed by atoms with Crippen LogP contribution in [0.5, 0.6) is 0 Å². The zero-order valence-electron chi connectivity index (χ0n) is 13.1. The van der Waals surface area contributed by atoms with Gasteiger partial charge < -0.3 is 5.73 Å². The molecule has 0 spiro atoms. The van der Waals surface area contributed by atoms with Gasteiger partial charge in [-0.25, -0.2) is 20.1 Å². The lowest BCUT2D eigenvalue weighted by molar-refractivity contribution is -0.485. The van der Waals surface area contributed by atoms with Gasteiger partial charge in [-0.1, -0.05) is 29.8 Å². The number of nitrogens with two attached hydrogens (primary N) is 1. The van der Waals surface area contributed by atoms with Crippen molar-refractivity contribution < 1.29 is 9.96 Å². The number of hydrogen-bond donors (Lipinski definition) is 1. The summed E-state index contributed by atoms with van der Waals surface area (Å²) in [6.07, 6.45) is 2.61. The standard InChI is InChI=1S/C14H12ClN7O4/c15-13-6-5-10(7-17-13)9-20(14(16)19-22(25)26)18-8-11-3-1-2-4-12(11)21(23)24/h1-8H,9H2,(H2,16,19)/b18-8+. The Bertz CT molecular complexity index is 870. The molecule has 26 heavy (non-hydrogen) atoms. The molecular weight excluding hydrogens is 366 g/mol. The molecule has 0 aliphatic carbocycles. The molecule has 0 fully saturated rings. The van der Waals surface area contributed by atoms with Gasteiger partial charge in [-0.3, -0.25) is 10.1 Å². The number of hydrogen-bond acceptors (Lipinski definition) is 6. The van der Waals surface area contributed by atoms with E-state index in [1.54, 1.807) is 12.1 Å². The summed E-state index contributed by atoms with van der Waals surface area (Å²) in [6, 6.07) is 9.04. The summed E-state index contributed by atoms with van der Waals surface area (Å²) >= 11 is 5.71. The second-order valence-corrected chi connectivity index (χ2v) is 5.19. The molecule has 2 rings (SSSR count). The molecule has 0 bridgehead atoms. The van der Waals surface area contributed by atoms with E-state index in [2.05, 4.69) is 15.2 Å². The molecule has 2 N–H and O–H groups in total. The Kier molecular flexibility index (Phi) is 6.11. The topological polar surface area (TPSA) is 153 Å². The summed E-state index contributed by atoms with van der Waals surface area (Å²) in [5, 5.41) is 28.9. The Morgan fingerprint density at radius 3 is 2.62 bits per heavy atom. The first-order chi connectivity index (χ1) is 12.4. The highest BCUT2D eigenvalue weighted by Crippen LogP contribution is 2.16. The number of aromatic nitrogens is 1. The van der Waals surface area contributed by atoms with Gasteiger partial charge in [0.15, 0.2) is 5.03 Å². The van der Waals surface area contributed by atoms with E-state index in [1.165, 1.54) is 36.7 Å². The second-order valence-electron chi connectivity index (χ2n) is 4.80. The fourth-order valence-corrected chi connectivity index (χ4v) is 2.00. The van der Waals surface area contributed by atoms with E-state index >= 15 is 0 Å². The van der Waals surface area contributed by atoms with Crippen molar-refractivity contribution in [1.29, 1.82) is 0 Å². The van der Waals surface area contributed by atoms with Crippen molar-refractivity contribution in [2.24, 2.45) is 15.9 Å². The van der Waals surface area contributed by atoms with Crippen molar-refractivity contribution in [2.45, 2.75) is 6.54 Å². The van der Waals surface area contributed by atoms with Crippen LogP contribution in [0.25, 0.3) is 0 Å². The van der Waals surface area contributed by atoms with Gasteiger partial charge in [0, 0.05) is 12.3 Å². The quantitative estimate of drug-likeness (QED) is 0.265. The van der Waals surface area contributed by atoms with Crippen LogP contribution in [0.4, 0.5) is 5.69 Å². The van der Waals surface area contributed by atoms with Crippen molar-refractivity contribution in [3.63, 3.8) is 0 Å². The van der Waals surface area contributed by atoms with Crippen LogP contribution in [0.3, 0.4) is 0 Å². The molecular formula is C14H12ClN7O4. The van der Waals surface area contributed by atoms with Crippen molar-refractivity contribution >= 4 is 29.5 Å². The van der Waals surface area contributed by atoms with Gasteiger partial charge in [0.05, 0.1) is 23.2 Å². The van der Waals surface area contributed by atoms with Crippen LogP contribution in [-0.4, -0.2) is 32.1 Å². The summed E-state index contributed by atoms with van der Waals surface area (Å²) in [7, 11) is 0. The Morgan fingerprint density at radius 1 is 1.27 bits per heavy atom. The molecule has 134 valence electrons. The Morgan fingerprint density at radius 2 is 2.00 bits per heavy atom. The highest BCUT2D eigenvalue weighted by atomic mass is 35.5. The molecule has 1 heterocycles. The third-order valence-corrected chi connectivity index (χ3v) is 3.26. The number of guanidine groups is 1. The summed E-state index contributed by atoms with van der Waals surface area (Å²) in [5.74, 6) is -0.500. The molecule has 0 saturated carbocycles. The van der Waals surface area contributed by atoms with E-state index < -0.39 is 15.9 Å². The van der Waals surface area contributed by atoms with Gasteiger partial charge in [-0.2, -0.15) is 5.10 Å². The lowest BCUT2D eigenvalue weighted by atomic mass is 10.2. The van der Waals surface area contributed by atoms with E-state index in [4.69, 9.17) is 17.3 Å². The van der Waals surface area contributed by atoms with Crippen molar-refractivity contribution in [3.8, 4) is 0 Å². The highest BCUT2D eigenvalue weighted by molar-refractivity contribution is 6.29. The number of hydrazone groups is 2. The van der Waals surface area contributed by atoms with Crippen LogP contribution in [-0.2, 0) is 6.54 Å². The Labute approximate surface area is 151 Å². The van der Waals surface area contributed by atoms with E-state index in [1.807, 2.05) is 0 Å². The molecule has 0 amide bonds. The minimum Gasteiger partial charge on any atom is -0.363 e. The average Bonchev–Trinajstić information content (AvgIpc) is 2.59. The van der Waals surface area contributed by atoms with Crippen LogP contribution in [0, 0.1) is 20.2 Å². The lowest BCUT2D eigenvalue weighted by Crippen LogP contribution is -2.33. The molecule has 2 aromatic rings. The molecule has 11 nitrogen and oxygen atoms in total. The number of nitrogens with zero attached hydrogens (tertiary/aromatic N) is 6. The Balaban J connectivity index is 2.33. The smallest absolute Gasteiger partial charge is 0.289 e. The highest BCUT2D eigenvalue weighted by Gasteiger charge is 2.14. The maximum atomic E-state index is 11.0. The largest absolute Gasteiger partial charge is 0.363 e. The molecule has 0 aliphatic heterocycles. The van der Waals surface area contributed by atoms with Crippen LogP contribution in [0.1, 0.15) is 11.1 Å². The van der Waals surface area contributed by atoms with Gasteiger partial charge >= 0.3 is 0 Å². The summed E-state index contributed by atoms with van der Waals surface area (Å²) in [6.45, 7) is -0.00945. The number of pyridine rings is 1. The van der Waals surface area contributed by atoms with Crippen LogP contribution in [0.2, 0.25) is 5.15 Å². The second kappa shape index (κ2) is 8.48. The van der Waals surface area contributed by atoms with Gasteiger partial charge in [-0.15, -0.1) is 0 Å². The summed E-state index contributed by atoms with van der Waals surface area (Å²) < 4.78 is 0. The normalized spacial score (nSPS) is 11.5. The minimum atomic E-state index is -0.969. The first-order valence-electron chi connectivity index (χ1n) is 7.00. The number of benzene rings is 1. The lowest BCUT2D eigenvalue weighted by Gasteiger charge is -2.15. The number of nitro benzene ring substituents is 1. The van der Waals surface area contributed by atoms with Crippen molar-refractivity contribution in [3.05, 3.63) is 79.1 Å². The number of halogens is 1. The molecule has 0 unspecified atom stereocenters. The van der Waals surface area contributed by atoms with Crippen LogP contribution in [0.15, 0.2) is 52.8 Å². The zero-order valence-corrected chi connectivity index (χ0v) is 13.9. The van der Waals surface area contributed by atoms with Crippen LogP contribution >= 0.6 is 11.6 Å². The fourth-order valence-electron chi connectivity index (χ4n) is 1.88. The van der Waals surface area contributed by atoms with Gasteiger partial charge in [0.2, 0.25) is 0 Å². The number of para-hydroxylation sites is 1. The third kappa shape index (κ3) is 5.21. The molecule has 0 atom stereocenters. The van der Waals surface area contributed by atoms with Gasteiger partial charge in [-0.05, 0) is 17.7 Å². The molecule has 1 aromatic heterocycles. The maximum Gasteiger partial charge on any atom is 0.289 e. The Hall–Kier alpha value is -3.60. The number of nitro groups is 2. The average molecular weight is 378 g/mol. The number of rotatable bonds is 6. The first kappa shape index (κ1) is 18.7. The van der Waals surface area contributed by atoms with E-state index in [-0.39, 0.29) is 22.9 Å². The van der Waals surface area contributed by atoms with Gasteiger partial charge in [0.25, 0.3) is 11.6 Å². The van der Waals surface area contributed by atoms with Gasteiger partial charge in [0.1, 0.15) is 10.3 Å². The predicted molar refractivity (Wildman–Crippen MR) is 94.1 cm³/mol.